The minimum absolute atomic E-state index is 0.0803. The highest BCUT2D eigenvalue weighted by atomic mass is 32.2. The van der Waals surface area contributed by atoms with E-state index >= 15 is 0 Å². The summed E-state index contributed by atoms with van der Waals surface area (Å²) in [7, 11) is -3.19. The Morgan fingerprint density at radius 2 is 1.79 bits per heavy atom. The maximum Gasteiger partial charge on any atom is 0.328 e. The van der Waals surface area contributed by atoms with Crippen molar-refractivity contribution in [2.24, 2.45) is 11.0 Å². The van der Waals surface area contributed by atoms with E-state index in [0.29, 0.717) is 11.3 Å². The standard InChI is InChI=1S/C23H27N5O9S/c1-15(2)21(26-27-24)22(29)25-18(23(30)35-3)14-16-8-10-17(11-9-16)36-12-13-37-38(33,34)20-7-5-4-6-19(20)28(31)32/h4-11,15,18,21H,12-14H2,1-3H3,(H,25,29)/t18-,21-/m0/s1. The summed E-state index contributed by atoms with van der Waals surface area (Å²) >= 11 is 0. The molecule has 204 valence electrons. The topological polar surface area (TPSA) is 200 Å². The normalized spacial score (nSPS) is 12.6. The van der Waals surface area contributed by atoms with E-state index in [1.165, 1.54) is 19.2 Å². The Kier molecular flexibility index (Phi) is 11.0. The number of carbonyl (C=O) groups excluding carboxylic acids is 2. The number of hydrogen-bond donors (Lipinski definition) is 1. The van der Waals surface area contributed by atoms with E-state index in [4.69, 9.17) is 19.2 Å². The first-order valence-corrected chi connectivity index (χ1v) is 12.7. The van der Waals surface area contributed by atoms with Gasteiger partial charge >= 0.3 is 16.1 Å². The highest BCUT2D eigenvalue weighted by Crippen LogP contribution is 2.24. The van der Waals surface area contributed by atoms with Crippen LogP contribution in [0.25, 0.3) is 10.4 Å². The molecule has 0 fully saturated rings. The average molecular weight is 550 g/mol. The summed E-state index contributed by atoms with van der Waals surface area (Å²) in [6.07, 6.45) is 0.0803. The lowest BCUT2D eigenvalue weighted by Crippen LogP contribution is -2.47. The zero-order valence-corrected chi connectivity index (χ0v) is 21.7. The van der Waals surface area contributed by atoms with Gasteiger partial charge in [0.05, 0.1) is 12.0 Å². The van der Waals surface area contributed by atoms with Gasteiger partial charge in [0.15, 0.2) is 4.90 Å². The number of nitrogens with one attached hydrogen (secondary N) is 1. The van der Waals surface area contributed by atoms with Gasteiger partial charge in [-0.15, -0.1) is 0 Å². The highest BCUT2D eigenvalue weighted by Gasteiger charge is 2.28. The molecule has 0 saturated heterocycles. The fourth-order valence-corrected chi connectivity index (χ4v) is 4.34. The molecular formula is C23H27N5O9S. The molecule has 14 nitrogen and oxygen atoms in total. The molecule has 0 bridgehead atoms. The van der Waals surface area contributed by atoms with Crippen molar-refractivity contribution >= 4 is 27.7 Å². The second kappa shape index (κ2) is 13.9. The minimum atomic E-state index is -4.37. The van der Waals surface area contributed by atoms with Crippen molar-refractivity contribution in [3.63, 3.8) is 0 Å². The fraction of sp³-hybridized carbons (Fsp3) is 0.391. The van der Waals surface area contributed by atoms with Crippen LogP contribution < -0.4 is 10.1 Å². The van der Waals surface area contributed by atoms with Gasteiger partial charge in [-0.05, 0) is 35.2 Å². The molecule has 15 heteroatoms. The Balaban J connectivity index is 1.97. The summed E-state index contributed by atoms with van der Waals surface area (Å²) in [5, 5.41) is 17.1. The molecule has 0 aliphatic heterocycles. The molecule has 0 radical (unpaired) electrons. The first-order chi connectivity index (χ1) is 18.0. The first-order valence-electron chi connectivity index (χ1n) is 11.3. The van der Waals surface area contributed by atoms with Gasteiger partial charge in [0.2, 0.25) is 5.91 Å². The van der Waals surface area contributed by atoms with E-state index < -0.39 is 56.2 Å². The van der Waals surface area contributed by atoms with E-state index in [-0.39, 0.29) is 18.9 Å². The molecule has 2 atom stereocenters. The number of rotatable bonds is 14. The van der Waals surface area contributed by atoms with E-state index in [9.17, 15) is 28.1 Å². The van der Waals surface area contributed by atoms with E-state index in [1.54, 1.807) is 38.1 Å². The van der Waals surface area contributed by atoms with Gasteiger partial charge in [0.25, 0.3) is 5.69 Å². The summed E-state index contributed by atoms with van der Waals surface area (Å²) in [6, 6.07) is 9.21. The molecule has 2 aromatic rings. The van der Waals surface area contributed by atoms with Crippen LogP contribution in [0.1, 0.15) is 19.4 Å². The summed E-state index contributed by atoms with van der Waals surface area (Å²) in [4.78, 5) is 37.1. The third kappa shape index (κ3) is 8.44. The zero-order chi connectivity index (χ0) is 28.3. The first kappa shape index (κ1) is 30.0. The third-order valence-corrected chi connectivity index (χ3v) is 6.52. The second-order valence-electron chi connectivity index (χ2n) is 8.18. The number of amides is 1. The smallest absolute Gasteiger partial charge is 0.328 e. The summed E-state index contributed by atoms with van der Waals surface area (Å²) in [6.45, 7) is 2.85. The van der Waals surface area contributed by atoms with Crippen molar-refractivity contribution in [1.29, 1.82) is 0 Å². The number of methoxy groups -OCH3 is 1. The van der Waals surface area contributed by atoms with E-state index in [1.807, 2.05) is 0 Å². The van der Waals surface area contributed by atoms with Crippen molar-refractivity contribution in [2.45, 2.75) is 37.2 Å². The predicted octanol–water partition coefficient (Wildman–Crippen LogP) is 2.91. The Labute approximate surface area is 218 Å². The lowest BCUT2D eigenvalue weighted by atomic mass is 10.0. The number of carbonyl (C=O) groups is 2. The lowest BCUT2D eigenvalue weighted by molar-refractivity contribution is -0.387. The van der Waals surface area contributed by atoms with Gasteiger partial charge in [-0.25, -0.2) is 4.79 Å². The molecule has 2 aromatic carbocycles. The second-order valence-corrected chi connectivity index (χ2v) is 9.76. The monoisotopic (exact) mass is 549 g/mol. The maximum atomic E-state index is 12.5. The molecule has 0 heterocycles. The number of esters is 1. The van der Waals surface area contributed by atoms with Gasteiger partial charge in [-0.3, -0.25) is 19.1 Å². The Morgan fingerprint density at radius 1 is 1.13 bits per heavy atom. The molecule has 1 amide bonds. The van der Waals surface area contributed by atoms with Crippen LogP contribution in [0.15, 0.2) is 58.5 Å². The number of nitro groups is 1. The molecule has 1 N–H and O–H groups in total. The largest absolute Gasteiger partial charge is 0.491 e. The molecule has 0 aliphatic carbocycles. The van der Waals surface area contributed by atoms with Crippen LogP contribution in [0.4, 0.5) is 5.69 Å². The summed E-state index contributed by atoms with van der Waals surface area (Å²) in [5.74, 6) is -1.21. The number of benzene rings is 2. The molecule has 0 saturated carbocycles. The molecule has 0 aromatic heterocycles. The highest BCUT2D eigenvalue weighted by molar-refractivity contribution is 7.87. The number of nitrogens with zero attached hydrogens (tertiary/aromatic N) is 4. The summed E-state index contributed by atoms with van der Waals surface area (Å²) in [5.41, 5.74) is 8.75. The van der Waals surface area contributed by atoms with Crippen LogP contribution in [0.5, 0.6) is 5.75 Å². The molecule has 2 rings (SSSR count). The quantitative estimate of drug-likeness (QED) is 0.0537. The molecular weight excluding hydrogens is 522 g/mol. The third-order valence-electron chi connectivity index (χ3n) is 5.16. The SMILES string of the molecule is COC(=O)[C@H](Cc1ccc(OCCOS(=O)(=O)c2ccccc2[N+](=O)[O-])cc1)NC(=O)[C@@H](N=[N+]=[N-])C(C)C. The molecule has 0 unspecified atom stereocenters. The Bertz CT molecular complexity index is 1290. The van der Waals surface area contributed by atoms with Crippen LogP contribution in [0, 0.1) is 16.0 Å². The van der Waals surface area contributed by atoms with Crippen molar-refractivity contribution in [3.05, 3.63) is 74.7 Å². The van der Waals surface area contributed by atoms with Gasteiger partial charge < -0.3 is 14.8 Å². The van der Waals surface area contributed by atoms with Crippen LogP contribution in [0.3, 0.4) is 0 Å². The van der Waals surface area contributed by atoms with E-state index in [2.05, 4.69) is 15.3 Å². The van der Waals surface area contributed by atoms with Crippen LogP contribution in [-0.2, 0) is 35.0 Å². The van der Waals surface area contributed by atoms with Crippen molar-refractivity contribution in [3.8, 4) is 5.75 Å². The lowest BCUT2D eigenvalue weighted by Gasteiger charge is -2.21. The van der Waals surface area contributed by atoms with Crippen LogP contribution in [-0.4, -0.2) is 57.6 Å². The van der Waals surface area contributed by atoms with Crippen LogP contribution in [0.2, 0.25) is 0 Å². The van der Waals surface area contributed by atoms with Gasteiger partial charge in [0, 0.05) is 17.4 Å². The zero-order valence-electron chi connectivity index (χ0n) is 20.8. The number of azide groups is 1. The predicted molar refractivity (Wildman–Crippen MR) is 134 cm³/mol. The van der Waals surface area contributed by atoms with Crippen molar-refractivity contribution in [1.82, 2.24) is 5.32 Å². The fourth-order valence-electron chi connectivity index (χ4n) is 3.28. The molecule has 0 aliphatic rings. The Morgan fingerprint density at radius 3 is 2.37 bits per heavy atom. The molecule has 0 spiro atoms. The number of ether oxygens (including phenoxy) is 2. The van der Waals surface area contributed by atoms with Gasteiger partial charge in [0.1, 0.15) is 31.0 Å². The van der Waals surface area contributed by atoms with E-state index in [0.717, 1.165) is 12.1 Å². The van der Waals surface area contributed by atoms with Crippen molar-refractivity contribution in [2.75, 3.05) is 20.3 Å². The van der Waals surface area contributed by atoms with Gasteiger partial charge in [-0.1, -0.05) is 43.2 Å². The average Bonchev–Trinajstić information content (AvgIpc) is 2.89. The number of hydrogen-bond acceptors (Lipinski definition) is 10. The van der Waals surface area contributed by atoms with Gasteiger partial charge in [-0.2, -0.15) is 8.42 Å². The Hall–Kier alpha value is -4.20. The van der Waals surface area contributed by atoms with Crippen molar-refractivity contribution < 1.29 is 36.6 Å². The summed E-state index contributed by atoms with van der Waals surface area (Å²) < 4.78 is 39.7. The van der Waals surface area contributed by atoms with Crippen LogP contribution >= 0.6 is 0 Å². The number of nitro benzene ring substituents is 1. The number of para-hydroxylation sites is 1. The molecule has 38 heavy (non-hydrogen) atoms. The maximum absolute atomic E-state index is 12.5. The minimum Gasteiger partial charge on any atom is -0.491 e.